The summed E-state index contributed by atoms with van der Waals surface area (Å²) < 4.78 is 39.3. The highest BCUT2D eigenvalue weighted by Gasteiger charge is 2.16. The Hall–Kier alpha value is -3.37. The molecule has 1 N–H and O–H groups in total. The van der Waals surface area contributed by atoms with Crippen molar-refractivity contribution in [3.05, 3.63) is 66.5 Å². The third-order valence-corrected chi connectivity index (χ3v) is 4.52. The molecule has 29 heavy (non-hydrogen) atoms. The monoisotopic (exact) mass is 418 g/mol. The number of aliphatic carboxylic acids is 1. The van der Waals surface area contributed by atoms with Crippen molar-refractivity contribution in [2.75, 3.05) is 6.61 Å². The highest BCUT2D eigenvalue weighted by molar-refractivity contribution is 7.82. The van der Waals surface area contributed by atoms with Gasteiger partial charge >= 0.3 is 16.4 Å². The molecule has 3 aromatic rings. The molecule has 9 nitrogen and oxygen atoms in total. The Balaban J connectivity index is 1.59. The number of aryl methyl sites for hydroxylation is 1. The van der Waals surface area contributed by atoms with Crippen molar-refractivity contribution in [1.29, 1.82) is 0 Å². The van der Waals surface area contributed by atoms with Crippen LogP contribution in [0.1, 0.15) is 5.56 Å². The van der Waals surface area contributed by atoms with E-state index in [4.69, 9.17) is 9.84 Å². The Morgan fingerprint density at radius 2 is 1.83 bits per heavy atom. The van der Waals surface area contributed by atoms with Gasteiger partial charge in [0.25, 0.3) is 0 Å². The van der Waals surface area contributed by atoms with E-state index in [-0.39, 0.29) is 5.75 Å². The first-order valence-corrected chi connectivity index (χ1v) is 9.75. The number of hydrogen-bond acceptors (Lipinski definition) is 7. The molecule has 1 heterocycles. The molecule has 1 aromatic heterocycles. The van der Waals surface area contributed by atoms with Gasteiger partial charge in [-0.3, -0.25) is 4.68 Å². The molecule has 0 bridgehead atoms. The second kappa shape index (κ2) is 8.76. The summed E-state index contributed by atoms with van der Waals surface area (Å²) in [7, 11) is -2.60. The molecule has 0 unspecified atom stereocenters. The van der Waals surface area contributed by atoms with Crippen LogP contribution in [0.25, 0.3) is 11.1 Å². The largest absolute Gasteiger partial charge is 0.489 e. The zero-order chi connectivity index (χ0) is 20.9. The molecule has 0 fully saturated rings. The van der Waals surface area contributed by atoms with E-state index < -0.39 is 23.0 Å². The molecule has 152 valence electrons. The maximum atomic E-state index is 11.5. The quantitative estimate of drug-likeness (QED) is 0.563. The van der Waals surface area contributed by atoms with Gasteiger partial charge in [0.15, 0.2) is 6.61 Å². The molecule has 10 heteroatoms. The highest BCUT2D eigenvalue weighted by Crippen LogP contribution is 2.22. The van der Waals surface area contributed by atoms with Gasteiger partial charge in [-0.25, -0.2) is 8.98 Å². The first kappa shape index (κ1) is 20.4. The fourth-order valence-electron chi connectivity index (χ4n) is 2.43. The van der Waals surface area contributed by atoms with Crippen LogP contribution < -0.4 is 8.92 Å². The zero-order valence-electron chi connectivity index (χ0n) is 15.4. The van der Waals surface area contributed by atoms with Crippen LogP contribution in [-0.2, 0) is 33.0 Å². The summed E-state index contributed by atoms with van der Waals surface area (Å²) in [6.45, 7) is -0.698. The second-order valence-electron chi connectivity index (χ2n) is 6.01. The molecule has 0 atom stereocenters. The lowest BCUT2D eigenvalue weighted by Gasteiger charge is -2.09. The zero-order valence-corrected chi connectivity index (χ0v) is 16.2. The molecule has 0 amide bonds. The smallest absolute Gasteiger partial charge is 0.449 e. The van der Waals surface area contributed by atoms with Crippen LogP contribution in [0.15, 0.2) is 60.9 Å². The van der Waals surface area contributed by atoms with Crippen molar-refractivity contribution in [3.63, 3.8) is 0 Å². The van der Waals surface area contributed by atoms with Crippen molar-refractivity contribution < 1.29 is 31.4 Å². The van der Waals surface area contributed by atoms with Gasteiger partial charge in [0.05, 0.1) is 6.20 Å². The molecule has 0 aliphatic rings. The minimum Gasteiger partial charge on any atom is -0.489 e. The fraction of sp³-hybridized carbons (Fsp3) is 0.158. The van der Waals surface area contributed by atoms with E-state index in [1.165, 1.54) is 24.3 Å². The lowest BCUT2D eigenvalue weighted by atomic mass is 10.1. The minimum absolute atomic E-state index is 0.0266. The van der Waals surface area contributed by atoms with Gasteiger partial charge in [0.2, 0.25) is 0 Å². The topological polar surface area (TPSA) is 117 Å². The first-order valence-electron chi connectivity index (χ1n) is 8.42. The lowest BCUT2D eigenvalue weighted by Crippen LogP contribution is -2.18. The van der Waals surface area contributed by atoms with E-state index in [9.17, 15) is 13.2 Å². The lowest BCUT2D eigenvalue weighted by molar-refractivity contribution is -0.139. The molecule has 0 saturated carbocycles. The van der Waals surface area contributed by atoms with Gasteiger partial charge < -0.3 is 14.0 Å². The Morgan fingerprint density at radius 1 is 1.10 bits per heavy atom. The van der Waals surface area contributed by atoms with Crippen LogP contribution >= 0.6 is 0 Å². The van der Waals surface area contributed by atoms with Crippen LogP contribution in [0, 0.1) is 0 Å². The van der Waals surface area contributed by atoms with Crippen molar-refractivity contribution in [3.8, 4) is 22.6 Å². The van der Waals surface area contributed by atoms with Gasteiger partial charge in [-0.1, -0.05) is 18.2 Å². The van der Waals surface area contributed by atoms with E-state index in [1.54, 1.807) is 10.9 Å². The number of nitrogens with zero attached hydrogens (tertiary/aromatic N) is 2. The van der Waals surface area contributed by atoms with E-state index in [1.807, 2.05) is 37.5 Å². The molecule has 0 aliphatic carbocycles. The summed E-state index contributed by atoms with van der Waals surface area (Å²) in [5.74, 6) is -0.942. The van der Waals surface area contributed by atoms with E-state index in [0.717, 1.165) is 16.7 Å². The molecule has 0 spiro atoms. The number of ether oxygens (including phenoxy) is 1. The molecule has 3 rings (SSSR count). The summed E-state index contributed by atoms with van der Waals surface area (Å²) in [5.41, 5.74) is 2.98. The number of carboxylic acid groups (broad SMARTS) is 1. The Bertz CT molecular complexity index is 1090. The fourth-order valence-corrected chi connectivity index (χ4v) is 3.07. The number of aromatic nitrogens is 2. The predicted octanol–water partition coefficient (Wildman–Crippen LogP) is 2.39. The predicted molar refractivity (Wildman–Crippen MR) is 103 cm³/mol. The number of rotatable bonds is 9. The van der Waals surface area contributed by atoms with Crippen molar-refractivity contribution >= 4 is 16.4 Å². The van der Waals surface area contributed by atoms with Crippen LogP contribution in [0.2, 0.25) is 0 Å². The maximum Gasteiger partial charge on any atom is 0.449 e. The summed E-state index contributed by atoms with van der Waals surface area (Å²) >= 11 is 0. The minimum atomic E-state index is -4.46. The average Bonchev–Trinajstić information content (AvgIpc) is 3.12. The normalized spacial score (nSPS) is 11.2. The number of hydrogen-bond donors (Lipinski definition) is 1. The summed E-state index contributed by atoms with van der Waals surface area (Å²) in [5, 5.41) is 12.6. The Labute approximate surface area is 167 Å². The Kier molecular flexibility index (Phi) is 6.15. The summed E-state index contributed by atoms with van der Waals surface area (Å²) in [6, 6.07) is 13.7. The van der Waals surface area contributed by atoms with Crippen LogP contribution in [0.3, 0.4) is 0 Å². The van der Waals surface area contributed by atoms with Crippen molar-refractivity contribution in [2.24, 2.45) is 7.05 Å². The molecule has 0 saturated heterocycles. The molecular weight excluding hydrogens is 400 g/mol. The summed E-state index contributed by atoms with van der Waals surface area (Å²) in [4.78, 5) is 10.4. The van der Waals surface area contributed by atoms with E-state index in [2.05, 4.69) is 13.5 Å². The first-order chi connectivity index (χ1) is 13.8. The third kappa shape index (κ3) is 6.06. The molecule has 2 aromatic carbocycles. The van der Waals surface area contributed by atoms with Crippen molar-refractivity contribution in [2.45, 2.75) is 6.61 Å². The number of carbonyl (C=O) groups is 1. The molecule has 0 aliphatic heterocycles. The van der Waals surface area contributed by atoms with Gasteiger partial charge in [-0.2, -0.15) is 13.5 Å². The summed E-state index contributed by atoms with van der Waals surface area (Å²) in [6.07, 6.45) is 3.71. The van der Waals surface area contributed by atoms with Crippen LogP contribution in [0.4, 0.5) is 0 Å². The van der Waals surface area contributed by atoms with Crippen molar-refractivity contribution in [1.82, 2.24) is 9.78 Å². The van der Waals surface area contributed by atoms with E-state index in [0.29, 0.717) is 12.4 Å². The molecular formula is C19H18N2O7S. The average molecular weight is 418 g/mol. The maximum absolute atomic E-state index is 11.5. The van der Waals surface area contributed by atoms with E-state index >= 15 is 0 Å². The van der Waals surface area contributed by atoms with Gasteiger partial charge in [-0.05, 0) is 41.5 Å². The van der Waals surface area contributed by atoms with Crippen LogP contribution in [0.5, 0.6) is 11.5 Å². The number of benzene rings is 2. The van der Waals surface area contributed by atoms with Gasteiger partial charge in [0.1, 0.15) is 18.1 Å². The van der Waals surface area contributed by atoms with Gasteiger partial charge in [0, 0.05) is 18.8 Å². The molecule has 0 radical (unpaired) electrons. The van der Waals surface area contributed by atoms with Gasteiger partial charge in [-0.15, -0.1) is 0 Å². The third-order valence-electron chi connectivity index (χ3n) is 3.72. The number of carboxylic acids is 1. The van der Waals surface area contributed by atoms with Crippen LogP contribution in [-0.4, -0.2) is 35.9 Å². The standard InChI is InChI=1S/C19H18N2O7S/c1-21-11-16(10-20-21)15-4-2-3-14(9-15)12-26-17-5-7-18(8-6-17)28-29(24,25)27-13-19(22)23/h2-11H,12-13H2,1H3,(H,22,23). The highest BCUT2D eigenvalue weighted by atomic mass is 32.3. The Morgan fingerprint density at radius 3 is 2.48 bits per heavy atom. The second-order valence-corrected chi connectivity index (χ2v) is 7.23. The SMILES string of the molecule is Cn1cc(-c2cccc(COc3ccc(OS(=O)(=O)OCC(=O)O)cc3)c2)cn1.